The summed E-state index contributed by atoms with van der Waals surface area (Å²) in [5.41, 5.74) is 1.27. The standard InChI is InChI=1S/C15H17N3O4S/c1-9(11-4-3-5-13(6-11)23(16,21)22)18-15(20)14-7-12(8-17-14)10(2)19/h3-9,17H,1-2H3,(H,18,20)(H2,16,21,22). The molecule has 0 aliphatic carbocycles. The van der Waals surface area contributed by atoms with Gasteiger partial charge in [-0.3, -0.25) is 9.59 Å². The summed E-state index contributed by atoms with van der Waals surface area (Å²) in [6.07, 6.45) is 1.46. The highest BCUT2D eigenvalue weighted by atomic mass is 32.2. The molecule has 0 saturated heterocycles. The van der Waals surface area contributed by atoms with E-state index < -0.39 is 22.0 Å². The largest absolute Gasteiger partial charge is 0.356 e. The van der Waals surface area contributed by atoms with Crippen molar-refractivity contribution in [3.05, 3.63) is 53.3 Å². The number of carbonyl (C=O) groups excluding carboxylic acids is 2. The van der Waals surface area contributed by atoms with Crippen LogP contribution >= 0.6 is 0 Å². The minimum Gasteiger partial charge on any atom is -0.356 e. The van der Waals surface area contributed by atoms with E-state index in [1.165, 1.54) is 31.3 Å². The zero-order chi connectivity index (χ0) is 17.2. The van der Waals surface area contributed by atoms with Crippen LogP contribution in [0.3, 0.4) is 0 Å². The van der Waals surface area contributed by atoms with Gasteiger partial charge < -0.3 is 10.3 Å². The lowest BCUT2D eigenvalue weighted by Gasteiger charge is -2.14. The number of rotatable bonds is 5. The summed E-state index contributed by atoms with van der Waals surface area (Å²) in [6.45, 7) is 3.13. The molecule has 0 bridgehead atoms. The molecule has 2 rings (SSSR count). The molecule has 2 aromatic rings. The molecule has 0 spiro atoms. The van der Waals surface area contributed by atoms with Gasteiger partial charge in [-0.2, -0.15) is 0 Å². The Morgan fingerprint density at radius 2 is 1.96 bits per heavy atom. The van der Waals surface area contributed by atoms with E-state index in [9.17, 15) is 18.0 Å². The van der Waals surface area contributed by atoms with Crippen LogP contribution in [0.1, 0.15) is 46.3 Å². The SMILES string of the molecule is CC(=O)c1c[nH]c(C(=O)NC(C)c2cccc(S(N)(=O)=O)c2)c1. The third kappa shape index (κ3) is 4.05. The van der Waals surface area contributed by atoms with Crippen molar-refractivity contribution in [1.82, 2.24) is 10.3 Å². The van der Waals surface area contributed by atoms with Gasteiger partial charge in [-0.25, -0.2) is 13.6 Å². The number of H-pyrrole nitrogens is 1. The number of sulfonamides is 1. The first-order valence-corrected chi connectivity index (χ1v) is 8.36. The second-order valence-electron chi connectivity index (χ2n) is 5.17. The van der Waals surface area contributed by atoms with Crippen molar-refractivity contribution in [2.45, 2.75) is 24.8 Å². The number of carbonyl (C=O) groups is 2. The Kier molecular flexibility index (Phi) is 4.67. The number of amides is 1. The van der Waals surface area contributed by atoms with E-state index in [0.29, 0.717) is 11.1 Å². The van der Waals surface area contributed by atoms with E-state index in [1.807, 2.05) is 0 Å². The summed E-state index contributed by atoms with van der Waals surface area (Å²) in [6, 6.07) is 7.07. The topological polar surface area (TPSA) is 122 Å². The van der Waals surface area contributed by atoms with Crippen molar-refractivity contribution >= 4 is 21.7 Å². The molecule has 23 heavy (non-hydrogen) atoms. The maximum Gasteiger partial charge on any atom is 0.268 e. The third-order valence-corrected chi connectivity index (χ3v) is 4.28. The Labute approximate surface area is 133 Å². The van der Waals surface area contributed by atoms with Gasteiger partial charge in [0.1, 0.15) is 5.69 Å². The van der Waals surface area contributed by atoms with Crippen molar-refractivity contribution in [1.29, 1.82) is 0 Å². The number of ketones is 1. The van der Waals surface area contributed by atoms with Crippen molar-refractivity contribution in [2.24, 2.45) is 5.14 Å². The summed E-state index contributed by atoms with van der Waals surface area (Å²) in [5.74, 6) is -0.541. The van der Waals surface area contributed by atoms with Crippen LogP contribution in [0.4, 0.5) is 0 Å². The first-order valence-electron chi connectivity index (χ1n) is 6.81. The van der Waals surface area contributed by atoms with Gasteiger partial charge in [0.2, 0.25) is 10.0 Å². The predicted molar refractivity (Wildman–Crippen MR) is 84.5 cm³/mol. The molecular formula is C15H17N3O4S. The minimum absolute atomic E-state index is 0.0187. The van der Waals surface area contributed by atoms with Gasteiger partial charge in [-0.1, -0.05) is 12.1 Å². The summed E-state index contributed by atoms with van der Waals surface area (Å²) in [7, 11) is -3.80. The summed E-state index contributed by atoms with van der Waals surface area (Å²) < 4.78 is 22.7. The third-order valence-electron chi connectivity index (χ3n) is 3.37. The van der Waals surface area contributed by atoms with E-state index in [-0.39, 0.29) is 16.4 Å². The fourth-order valence-electron chi connectivity index (χ4n) is 2.05. The van der Waals surface area contributed by atoms with Gasteiger partial charge in [0, 0.05) is 11.8 Å². The van der Waals surface area contributed by atoms with Crippen LogP contribution in [0.5, 0.6) is 0 Å². The fraction of sp³-hybridized carbons (Fsp3) is 0.200. The number of aromatic amines is 1. The molecule has 1 aromatic heterocycles. The van der Waals surface area contributed by atoms with E-state index >= 15 is 0 Å². The number of benzene rings is 1. The molecule has 0 aliphatic heterocycles. The number of hydrogen-bond acceptors (Lipinski definition) is 4. The van der Waals surface area contributed by atoms with Crippen molar-refractivity contribution in [3.63, 3.8) is 0 Å². The van der Waals surface area contributed by atoms with Gasteiger partial charge in [0.05, 0.1) is 10.9 Å². The molecule has 0 radical (unpaired) electrons. The molecule has 4 N–H and O–H groups in total. The fourth-order valence-corrected chi connectivity index (χ4v) is 2.62. The molecule has 1 atom stereocenters. The zero-order valence-corrected chi connectivity index (χ0v) is 13.5. The van der Waals surface area contributed by atoms with Crippen molar-refractivity contribution < 1.29 is 18.0 Å². The van der Waals surface area contributed by atoms with E-state index in [0.717, 1.165) is 0 Å². The van der Waals surface area contributed by atoms with E-state index in [2.05, 4.69) is 10.3 Å². The Balaban J connectivity index is 2.16. The molecule has 0 aliphatic rings. The highest BCUT2D eigenvalue weighted by Gasteiger charge is 2.16. The van der Waals surface area contributed by atoms with Crippen LogP contribution in [0.25, 0.3) is 0 Å². The minimum atomic E-state index is -3.80. The monoisotopic (exact) mass is 335 g/mol. The summed E-state index contributed by atoms with van der Waals surface area (Å²) in [4.78, 5) is 26.1. The quantitative estimate of drug-likeness (QED) is 0.714. The lowest BCUT2D eigenvalue weighted by Crippen LogP contribution is -2.27. The van der Waals surface area contributed by atoms with Crippen molar-refractivity contribution in [2.75, 3.05) is 0 Å². The first kappa shape index (κ1) is 16.9. The van der Waals surface area contributed by atoms with Crippen LogP contribution < -0.4 is 10.5 Å². The molecule has 8 heteroatoms. The van der Waals surface area contributed by atoms with Gasteiger partial charge in [0.15, 0.2) is 5.78 Å². The zero-order valence-electron chi connectivity index (χ0n) is 12.7. The lowest BCUT2D eigenvalue weighted by molar-refractivity contribution is 0.0935. The first-order chi connectivity index (χ1) is 10.7. The molecule has 1 unspecified atom stereocenters. The van der Waals surface area contributed by atoms with Crippen LogP contribution in [0.2, 0.25) is 0 Å². The van der Waals surface area contributed by atoms with Crippen LogP contribution in [0, 0.1) is 0 Å². The van der Waals surface area contributed by atoms with Crippen LogP contribution in [0.15, 0.2) is 41.4 Å². The number of hydrogen-bond donors (Lipinski definition) is 3. The molecule has 7 nitrogen and oxygen atoms in total. The maximum absolute atomic E-state index is 12.1. The smallest absolute Gasteiger partial charge is 0.268 e. The number of nitrogens with one attached hydrogen (secondary N) is 2. The maximum atomic E-state index is 12.1. The highest BCUT2D eigenvalue weighted by Crippen LogP contribution is 2.17. The lowest BCUT2D eigenvalue weighted by atomic mass is 10.1. The molecule has 1 heterocycles. The Morgan fingerprint density at radius 3 is 2.52 bits per heavy atom. The predicted octanol–water partition coefficient (Wildman–Crippen LogP) is 1.36. The molecule has 1 aromatic carbocycles. The average molecular weight is 335 g/mol. The van der Waals surface area contributed by atoms with Gasteiger partial charge >= 0.3 is 0 Å². The van der Waals surface area contributed by atoms with Gasteiger partial charge in [-0.05, 0) is 37.6 Å². The highest BCUT2D eigenvalue weighted by molar-refractivity contribution is 7.89. The molecular weight excluding hydrogens is 318 g/mol. The molecule has 0 fully saturated rings. The molecule has 122 valence electrons. The molecule has 0 saturated carbocycles. The summed E-state index contributed by atoms with van der Waals surface area (Å²) in [5, 5.41) is 7.82. The Bertz CT molecular complexity index is 855. The van der Waals surface area contributed by atoms with Crippen LogP contribution in [-0.4, -0.2) is 25.1 Å². The normalized spacial score (nSPS) is 12.7. The van der Waals surface area contributed by atoms with Gasteiger partial charge in [-0.15, -0.1) is 0 Å². The van der Waals surface area contributed by atoms with Crippen molar-refractivity contribution in [3.8, 4) is 0 Å². The average Bonchev–Trinajstić information content (AvgIpc) is 2.96. The van der Waals surface area contributed by atoms with E-state index in [1.54, 1.807) is 19.1 Å². The number of primary sulfonamides is 1. The summed E-state index contributed by atoms with van der Waals surface area (Å²) >= 11 is 0. The number of nitrogens with two attached hydrogens (primary N) is 1. The Hall–Kier alpha value is -2.45. The number of Topliss-reactive ketones (excluding diaryl/α,β-unsaturated/α-hetero) is 1. The number of aromatic nitrogens is 1. The van der Waals surface area contributed by atoms with Gasteiger partial charge in [0.25, 0.3) is 5.91 Å². The molecule has 1 amide bonds. The van der Waals surface area contributed by atoms with E-state index in [4.69, 9.17) is 5.14 Å². The van der Waals surface area contributed by atoms with Crippen LogP contribution in [-0.2, 0) is 10.0 Å². The Morgan fingerprint density at radius 1 is 1.26 bits per heavy atom. The second-order valence-corrected chi connectivity index (χ2v) is 6.73. The second kappa shape index (κ2) is 6.35.